The lowest BCUT2D eigenvalue weighted by molar-refractivity contribution is 0.0697. The monoisotopic (exact) mass is 310 g/mol. The standard InChI is InChI=1S/C15H22N2O3S/c1-4-21-8-7-11(3)16-15(20)17-13-6-5-12(14(18)19)9-10(13)2/h5-6,9,11H,4,7-8H2,1-3H3,(H,18,19)(H2,16,17,20). The molecule has 0 heterocycles. The van der Waals surface area contributed by atoms with Gasteiger partial charge in [-0.05, 0) is 55.5 Å². The summed E-state index contributed by atoms with van der Waals surface area (Å²) in [5.41, 5.74) is 1.55. The number of hydrogen-bond acceptors (Lipinski definition) is 3. The number of benzene rings is 1. The summed E-state index contributed by atoms with van der Waals surface area (Å²) in [7, 11) is 0. The van der Waals surface area contributed by atoms with Crippen molar-refractivity contribution >= 4 is 29.4 Å². The highest BCUT2D eigenvalue weighted by Crippen LogP contribution is 2.16. The molecule has 1 aromatic carbocycles. The Morgan fingerprint density at radius 2 is 2.10 bits per heavy atom. The minimum absolute atomic E-state index is 0.0997. The fourth-order valence-corrected chi connectivity index (χ4v) is 2.60. The Kier molecular flexibility index (Phi) is 7.08. The van der Waals surface area contributed by atoms with E-state index in [1.165, 1.54) is 6.07 Å². The van der Waals surface area contributed by atoms with Crippen LogP contribution in [0.3, 0.4) is 0 Å². The summed E-state index contributed by atoms with van der Waals surface area (Å²) in [4.78, 5) is 22.7. The van der Waals surface area contributed by atoms with Crippen LogP contribution in [0.1, 0.15) is 36.2 Å². The number of amides is 2. The minimum Gasteiger partial charge on any atom is -0.478 e. The maximum atomic E-state index is 11.9. The van der Waals surface area contributed by atoms with Crippen molar-refractivity contribution in [3.8, 4) is 0 Å². The van der Waals surface area contributed by atoms with Gasteiger partial charge in [-0.1, -0.05) is 6.92 Å². The second kappa shape index (κ2) is 8.56. The van der Waals surface area contributed by atoms with E-state index in [0.29, 0.717) is 5.69 Å². The molecule has 0 aliphatic heterocycles. The molecule has 1 rings (SSSR count). The molecule has 0 aliphatic rings. The van der Waals surface area contributed by atoms with Crippen LogP contribution >= 0.6 is 11.8 Å². The molecule has 0 radical (unpaired) electrons. The second-order valence-corrected chi connectivity index (χ2v) is 6.21. The van der Waals surface area contributed by atoms with Crippen molar-refractivity contribution in [3.63, 3.8) is 0 Å². The highest BCUT2D eigenvalue weighted by Gasteiger charge is 2.10. The summed E-state index contributed by atoms with van der Waals surface area (Å²) >= 11 is 1.85. The average Bonchev–Trinajstić information content (AvgIpc) is 2.41. The van der Waals surface area contributed by atoms with Crippen molar-refractivity contribution in [1.29, 1.82) is 0 Å². The number of urea groups is 1. The highest BCUT2D eigenvalue weighted by molar-refractivity contribution is 7.99. The Morgan fingerprint density at radius 3 is 2.67 bits per heavy atom. The maximum Gasteiger partial charge on any atom is 0.335 e. The summed E-state index contributed by atoms with van der Waals surface area (Å²) in [6.45, 7) is 5.85. The van der Waals surface area contributed by atoms with Gasteiger partial charge in [0.25, 0.3) is 0 Å². The van der Waals surface area contributed by atoms with E-state index in [0.717, 1.165) is 23.5 Å². The number of hydrogen-bond donors (Lipinski definition) is 3. The van der Waals surface area contributed by atoms with Gasteiger partial charge in [-0.25, -0.2) is 9.59 Å². The fraction of sp³-hybridized carbons (Fsp3) is 0.467. The van der Waals surface area contributed by atoms with E-state index in [-0.39, 0.29) is 17.6 Å². The summed E-state index contributed by atoms with van der Waals surface area (Å²) < 4.78 is 0. The molecular formula is C15H22N2O3S. The second-order valence-electron chi connectivity index (χ2n) is 4.82. The van der Waals surface area contributed by atoms with Crippen molar-refractivity contribution < 1.29 is 14.7 Å². The third-order valence-electron chi connectivity index (χ3n) is 3.00. The average molecular weight is 310 g/mol. The molecule has 0 saturated carbocycles. The summed E-state index contributed by atoms with van der Waals surface area (Å²) in [5, 5.41) is 14.5. The molecular weight excluding hydrogens is 288 g/mol. The summed E-state index contributed by atoms with van der Waals surface area (Å²) in [6.07, 6.45) is 0.920. The Bertz CT molecular complexity index is 506. The van der Waals surface area contributed by atoms with Crippen molar-refractivity contribution in [2.24, 2.45) is 0 Å². The third kappa shape index (κ3) is 6.08. The molecule has 0 bridgehead atoms. The zero-order valence-electron chi connectivity index (χ0n) is 12.6. The van der Waals surface area contributed by atoms with Crippen LogP contribution in [0.15, 0.2) is 18.2 Å². The van der Waals surface area contributed by atoms with Gasteiger partial charge in [0, 0.05) is 11.7 Å². The number of rotatable bonds is 7. The van der Waals surface area contributed by atoms with Crippen LogP contribution in [0, 0.1) is 6.92 Å². The highest BCUT2D eigenvalue weighted by atomic mass is 32.2. The number of carboxylic acid groups (broad SMARTS) is 1. The molecule has 21 heavy (non-hydrogen) atoms. The van der Waals surface area contributed by atoms with E-state index in [2.05, 4.69) is 17.6 Å². The van der Waals surface area contributed by atoms with Crippen LogP contribution in [0.5, 0.6) is 0 Å². The number of anilines is 1. The van der Waals surface area contributed by atoms with Gasteiger partial charge in [0.1, 0.15) is 0 Å². The van der Waals surface area contributed by atoms with Crippen LogP contribution in [0.2, 0.25) is 0 Å². The van der Waals surface area contributed by atoms with Crippen molar-refractivity contribution in [2.45, 2.75) is 33.2 Å². The first-order valence-corrected chi connectivity index (χ1v) is 8.08. The maximum absolute atomic E-state index is 11.9. The largest absolute Gasteiger partial charge is 0.478 e. The minimum atomic E-state index is -0.976. The van der Waals surface area contributed by atoms with Crippen molar-refractivity contribution in [3.05, 3.63) is 29.3 Å². The Morgan fingerprint density at radius 1 is 1.38 bits per heavy atom. The number of carbonyl (C=O) groups is 2. The number of nitrogens with one attached hydrogen (secondary N) is 2. The molecule has 1 unspecified atom stereocenters. The first-order valence-electron chi connectivity index (χ1n) is 6.93. The van der Waals surface area contributed by atoms with Crippen LogP contribution in [-0.2, 0) is 0 Å². The lowest BCUT2D eigenvalue weighted by atomic mass is 10.1. The fourth-order valence-electron chi connectivity index (χ4n) is 1.80. The molecule has 0 fully saturated rings. The molecule has 116 valence electrons. The number of carbonyl (C=O) groups excluding carboxylic acids is 1. The predicted molar refractivity (Wildman–Crippen MR) is 87.4 cm³/mol. The Labute approximate surface area is 129 Å². The van der Waals surface area contributed by atoms with Crippen LogP contribution in [-0.4, -0.2) is 34.7 Å². The van der Waals surface area contributed by atoms with Gasteiger partial charge in [-0.3, -0.25) is 0 Å². The van der Waals surface area contributed by atoms with Gasteiger partial charge in [0.15, 0.2) is 0 Å². The molecule has 3 N–H and O–H groups in total. The van der Waals surface area contributed by atoms with Gasteiger partial charge < -0.3 is 15.7 Å². The smallest absolute Gasteiger partial charge is 0.335 e. The number of carboxylic acids is 1. The quantitative estimate of drug-likeness (QED) is 0.675. The first kappa shape index (κ1) is 17.4. The molecule has 0 aromatic heterocycles. The zero-order valence-corrected chi connectivity index (χ0v) is 13.4. The van der Waals surface area contributed by atoms with Gasteiger partial charge >= 0.3 is 12.0 Å². The van der Waals surface area contributed by atoms with E-state index >= 15 is 0 Å². The van der Waals surface area contributed by atoms with Gasteiger partial charge in [-0.15, -0.1) is 0 Å². The van der Waals surface area contributed by atoms with E-state index in [4.69, 9.17) is 5.11 Å². The van der Waals surface area contributed by atoms with Gasteiger partial charge in [-0.2, -0.15) is 11.8 Å². The lowest BCUT2D eigenvalue weighted by Gasteiger charge is -2.15. The van der Waals surface area contributed by atoms with Gasteiger partial charge in [0.2, 0.25) is 0 Å². The topological polar surface area (TPSA) is 78.4 Å². The molecule has 1 aromatic rings. The zero-order chi connectivity index (χ0) is 15.8. The summed E-state index contributed by atoms with van der Waals surface area (Å²) in [5.74, 6) is 1.12. The molecule has 5 nitrogen and oxygen atoms in total. The SMILES string of the molecule is CCSCCC(C)NC(=O)Nc1ccc(C(=O)O)cc1C. The molecule has 1 atom stereocenters. The Balaban J connectivity index is 2.53. The van der Waals surface area contributed by atoms with Gasteiger partial charge in [0.05, 0.1) is 5.56 Å². The third-order valence-corrected chi connectivity index (χ3v) is 3.93. The van der Waals surface area contributed by atoms with Crippen LogP contribution < -0.4 is 10.6 Å². The number of aromatic carboxylic acids is 1. The van der Waals surface area contributed by atoms with Crippen molar-refractivity contribution in [2.75, 3.05) is 16.8 Å². The first-order chi connectivity index (χ1) is 9.93. The van der Waals surface area contributed by atoms with Crippen molar-refractivity contribution in [1.82, 2.24) is 5.32 Å². The Hall–Kier alpha value is -1.69. The van der Waals surface area contributed by atoms with E-state index in [1.54, 1.807) is 19.1 Å². The van der Waals surface area contributed by atoms with E-state index in [9.17, 15) is 9.59 Å². The van der Waals surface area contributed by atoms with E-state index in [1.807, 2.05) is 18.7 Å². The lowest BCUT2D eigenvalue weighted by Crippen LogP contribution is -2.36. The number of thioether (sulfide) groups is 1. The molecule has 0 spiro atoms. The molecule has 0 aliphatic carbocycles. The van der Waals surface area contributed by atoms with E-state index < -0.39 is 5.97 Å². The predicted octanol–water partition coefficient (Wildman–Crippen LogP) is 3.35. The molecule has 2 amide bonds. The summed E-state index contributed by atoms with van der Waals surface area (Å²) in [6, 6.07) is 4.46. The van der Waals surface area contributed by atoms with Crippen LogP contribution in [0.4, 0.5) is 10.5 Å². The normalized spacial score (nSPS) is 11.8. The molecule has 0 saturated heterocycles. The molecule has 6 heteroatoms. The number of aryl methyl sites for hydroxylation is 1. The van der Waals surface area contributed by atoms with Crippen LogP contribution in [0.25, 0.3) is 0 Å².